The highest BCUT2D eigenvalue weighted by atomic mass is 15.5. The van der Waals surface area contributed by atoms with Crippen molar-refractivity contribution in [2.75, 3.05) is 5.32 Å². The SMILES string of the molecule is c1ccc(-c2nc3n(n2)C2(CCCC2)Nc2ccccc2-3)cc1. The molecular formula is C19H18N4. The van der Waals surface area contributed by atoms with Gasteiger partial charge in [-0.3, -0.25) is 0 Å². The number of nitrogens with one attached hydrogen (secondary N) is 1. The van der Waals surface area contributed by atoms with E-state index in [0.717, 1.165) is 35.6 Å². The molecule has 1 N–H and O–H groups in total. The molecule has 4 heteroatoms. The maximum atomic E-state index is 4.90. The van der Waals surface area contributed by atoms with Gasteiger partial charge in [-0.1, -0.05) is 42.5 Å². The Kier molecular flexibility index (Phi) is 2.62. The molecule has 0 radical (unpaired) electrons. The van der Waals surface area contributed by atoms with Crippen LogP contribution in [0, 0.1) is 0 Å². The first kappa shape index (κ1) is 12.9. The fourth-order valence-electron chi connectivity index (χ4n) is 3.88. The minimum atomic E-state index is -0.107. The van der Waals surface area contributed by atoms with Gasteiger partial charge in [0.25, 0.3) is 0 Å². The Morgan fingerprint density at radius 3 is 2.48 bits per heavy atom. The van der Waals surface area contributed by atoms with Crippen molar-refractivity contribution in [2.24, 2.45) is 0 Å². The first-order valence-electron chi connectivity index (χ1n) is 8.26. The molecule has 1 aromatic heterocycles. The molecule has 5 rings (SSSR count). The molecule has 114 valence electrons. The number of rotatable bonds is 1. The standard InChI is InChI=1S/C19H18N4/c1-2-8-14(9-3-1)17-20-18-15-10-4-5-11-16(15)21-19(23(18)22-17)12-6-7-13-19/h1-5,8-11,21H,6-7,12-13H2. The predicted molar refractivity (Wildman–Crippen MR) is 91.0 cm³/mol. The van der Waals surface area contributed by atoms with Gasteiger partial charge in [-0.05, 0) is 37.8 Å². The Morgan fingerprint density at radius 2 is 1.65 bits per heavy atom. The number of hydrogen-bond acceptors (Lipinski definition) is 3. The van der Waals surface area contributed by atoms with E-state index in [9.17, 15) is 0 Å². The van der Waals surface area contributed by atoms with Crippen LogP contribution in [-0.2, 0) is 5.66 Å². The van der Waals surface area contributed by atoms with Crippen LogP contribution in [0.5, 0.6) is 0 Å². The van der Waals surface area contributed by atoms with Gasteiger partial charge < -0.3 is 5.32 Å². The Bertz CT molecular complexity index is 860. The third-order valence-corrected chi connectivity index (χ3v) is 5.01. The number of aromatic nitrogens is 3. The highest BCUT2D eigenvalue weighted by Crippen LogP contribution is 2.45. The number of para-hydroxylation sites is 1. The molecule has 0 unspecified atom stereocenters. The molecule has 1 saturated carbocycles. The van der Waals surface area contributed by atoms with Gasteiger partial charge in [0.05, 0.1) is 0 Å². The number of nitrogens with zero attached hydrogens (tertiary/aromatic N) is 3. The average Bonchev–Trinajstić information content (AvgIpc) is 3.24. The Balaban J connectivity index is 1.74. The summed E-state index contributed by atoms with van der Waals surface area (Å²) in [6, 6.07) is 18.7. The van der Waals surface area contributed by atoms with E-state index >= 15 is 0 Å². The Labute approximate surface area is 135 Å². The molecule has 1 aliphatic carbocycles. The van der Waals surface area contributed by atoms with E-state index in [1.807, 2.05) is 18.2 Å². The largest absolute Gasteiger partial charge is 0.361 e. The first-order chi connectivity index (χ1) is 11.4. The van der Waals surface area contributed by atoms with E-state index < -0.39 is 0 Å². The van der Waals surface area contributed by atoms with Crippen molar-refractivity contribution in [2.45, 2.75) is 31.3 Å². The average molecular weight is 302 g/mol. The molecule has 0 bridgehead atoms. The van der Waals surface area contributed by atoms with Crippen LogP contribution >= 0.6 is 0 Å². The van der Waals surface area contributed by atoms with Crippen molar-refractivity contribution in [3.05, 3.63) is 54.6 Å². The van der Waals surface area contributed by atoms with Crippen LogP contribution in [0.3, 0.4) is 0 Å². The van der Waals surface area contributed by atoms with E-state index in [0.29, 0.717) is 0 Å². The monoisotopic (exact) mass is 302 g/mol. The predicted octanol–water partition coefficient (Wildman–Crippen LogP) is 4.26. The smallest absolute Gasteiger partial charge is 0.181 e. The van der Waals surface area contributed by atoms with E-state index in [1.54, 1.807) is 0 Å². The van der Waals surface area contributed by atoms with Crippen LogP contribution in [-0.4, -0.2) is 14.8 Å². The number of anilines is 1. The van der Waals surface area contributed by atoms with E-state index in [1.165, 1.54) is 18.5 Å². The Hall–Kier alpha value is -2.62. The van der Waals surface area contributed by atoms with Crippen molar-refractivity contribution >= 4 is 5.69 Å². The normalized spacial score (nSPS) is 17.6. The van der Waals surface area contributed by atoms with Crippen LogP contribution in [0.25, 0.3) is 22.8 Å². The molecule has 3 aromatic rings. The Morgan fingerprint density at radius 1 is 0.913 bits per heavy atom. The van der Waals surface area contributed by atoms with E-state index in [-0.39, 0.29) is 5.66 Å². The second-order valence-corrected chi connectivity index (χ2v) is 6.45. The van der Waals surface area contributed by atoms with Crippen LogP contribution in [0.4, 0.5) is 5.69 Å². The zero-order chi connectivity index (χ0) is 15.3. The van der Waals surface area contributed by atoms with Crippen LogP contribution in [0.2, 0.25) is 0 Å². The minimum absolute atomic E-state index is 0.107. The van der Waals surface area contributed by atoms with Crippen molar-refractivity contribution in [1.29, 1.82) is 0 Å². The lowest BCUT2D eigenvalue weighted by molar-refractivity contribution is 0.309. The number of hydrogen-bond donors (Lipinski definition) is 1. The third kappa shape index (κ3) is 1.84. The molecule has 2 aliphatic rings. The fourth-order valence-corrected chi connectivity index (χ4v) is 3.88. The van der Waals surface area contributed by atoms with Crippen molar-refractivity contribution in [1.82, 2.24) is 14.8 Å². The zero-order valence-electron chi connectivity index (χ0n) is 12.9. The zero-order valence-corrected chi connectivity index (χ0v) is 12.9. The molecule has 1 fully saturated rings. The van der Waals surface area contributed by atoms with E-state index in [4.69, 9.17) is 10.1 Å². The van der Waals surface area contributed by atoms with Crippen molar-refractivity contribution in [3.63, 3.8) is 0 Å². The summed E-state index contributed by atoms with van der Waals surface area (Å²) in [6.45, 7) is 0. The number of fused-ring (bicyclic) bond motifs is 4. The third-order valence-electron chi connectivity index (χ3n) is 5.01. The van der Waals surface area contributed by atoms with Crippen molar-refractivity contribution in [3.8, 4) is 22.8 Å². The quantitative estimate of drug-likeness (QED) is 0.730. The fraction of sp³-hybridized carbons (Fsp3) is 0.263. The van der Waals surface area contributed by atoms with E-state index in [2.05, 4.69) is 46.4 Å². The van der Waals surface area contributed by atoms with Gasteiger partial charge in [0, 0.05) is 16.8 Å². The summed E-state index contributed by atoms with van der Waals surface area (Å²) in [5, 5.41) is 8.65. The number of benzene rings is 2. The van der Waals surface area contributed by atoms with Gasteiger partial charge >= 0.3 is 0 Å². The summed E-state index contributed by atoms with van der Waals surface area (Å²) in [5.41, 5.74) is 3.28. The van der Waals surface area contributed by atoms with Gasteiger partial charge in [-0.2, -0.15) is 0 Å². The van der Waals surface area contributed by atoms with Crippen LogP contribution in [0.1, 0.15) is 25.7 Å². The molecule has 2 heterocycles. The van der Waals surface area contributed by atoms with Gasteiger partial charge in [0.1, 0.15) is 5.66 Å². The van der Waals surface area contributed by atoms with Gasteiger partial charge in [-0.25, -0.2) is 9.67 Å². The highest BCUT2D eigenvalue weighted by Gasteiger charge is 2.42. The molecule has 0 saturated heterocycles. The molecule has 1 spiro atoms. The van der Waals surface area contributed by atoms with Crippen molar-refractivity contribution < 1.29 is 0 Å². The molecular weight excluding hydrogens is 284 g/mol. The summed E-state index contributed by atoms with van der Waals surface area (Å²) < 4.78 is 2.14. The summed E-state index contributed by atoms with van der Waals surface area (Å²) in [5.74, 6) is 1.80. The lowest BCUT2D eigenvalue weighted by atomic mass is 10.0. The lowest BCUT2D eigenvalue weighted by Crippen LogP contribution is -2.42. The molecule has 4 nitrogen and oxygen atoms in total. The molecule has 23 heavy (non-hydrogen) atoms. The highest BCUT2D eigenvalue weighted by molar-refractivity contribution is 5.77. The minimum Gasteiger partial charge on any atom is -0.361 e. The van der Waals surface area contributed by atoms with Gasteiger partial charge in [0.2, 0.25) is 0 Å². The summed E-state index contributed by atoms with van der Waals surface area (Å²) in [6.07, 6.45) is 4.67. The lowest BCUT2D eigenvalue weighted by Gasteiger charge is -2.37. The van der Waals surface area contributed by atoms with Gasteiger partial charge in [-0.15, -0.1) is 5.10 Å². The summed E-state index contributed by atoms with van der Waals surface area (Å²) >= 11 is 0. The molecule has 2 aromatic carbocycles. The van der Waals surface area contributed by atoms with Gasteiger partial charge in [0.15, 0.2) is 11.6 Å². The van der Waals surface area contributed by atoms with Crippen LogP contribution < -0.4 is 5.32 Å². The second-order valence-electron chi connectivity index (χ2n) is 6.45. The topological polar surface area (TPSA) is 42.7 Å². The molecule has 1 aliphatic heterocycles. The maximum Gasteiger partial charge on any atom is 0.181 e. The summed E-state index contributed by atoms with van der Waals surface area (Å²) in [4.78, 5) is 4.89. The summed E-state index contributed by atoms with van der Waals surface area (Å²) in [7, 11) is 0. The second kappa shape index (κ2) is 4.69. The molecule has 0 atom stereocenters. The molecule has 0 amide bonds. The maximum absolute atomic E-state index is 4.90. The van der Waals surface area contributed by atoms with Crippen LogP contribution in [0.15, 0.2) is 54.6 Å². The first-order valence-corrected chi connectivity index (χ1v) is 8.26.